The highest BCUT2D eigenvalue weighted by Gasteiger charge is 2.27. The number of morpholine rings is 1. The zero-order valence-electron chi connectivity index (χ0n) is 18.2. The summed E-state index contributed by atoms with van der Waals surface area (Å²) < 4.78 is 43.8. The number of aryl methyl sites for hydroxylation is 1. The number of sulfonamides is 1. The molecule has 0 unspecified atom stereocenters. The number of carbonyl (C=O) groups excluding carboxylic acids is 1. The van der Waals surface area contributed by atoms with Crippen LogP contribution in [0.3, 0.4) is 0 Å². The van der Waals surface area contributed by atoms with E-state index in [1.807, 2.05) is 0 Å². The summed E-state index contributed by atoms with van der Waals surface area (Å²) in [7, 11) is -3.67. The van der Waals surface area contributed by atoms with Gasteiger partial charge in [0, 0.05) is 37.3 Å². The SMILES string of the molecule is Cc1ccc(S(=O)(=O)N2CCOCC2)cc1NC(=O)CNc1cc2c(cc1Cl)OCCCO2. The van der Waals surface area contributed by atoms with Crippen molar-refractivity contribution in [2.45, 2.75) is 18.2 Å². The third kappa shape index (κ3) is 5.52. The van der Waals surface area contributed by atoms with E-state index < -0.39 is 10.0 Å². The first kappa shape index (κ1) is 23.6. The lowest BCUT2D eigenvalue weighted by atomic mass is 10.2. The fraction of sp³-hybridized carbons (Fsp3) is 0.409. The molecule has 2 aliphatic rings. The molecule has 2 aliphatic heterocycles. The van der Waals surface area contributed by atoms with E-state index in [2.05, 4.69) is 10.6 Å². The van der Waals surface area contributed by atoms with Gasteiger partial charge >= 0.3 is 0 Å². The summed E-state index contributed by atoms with van der Waals surface area (Å²) >= 11 is 6.32. The zero-order valence-corrected chi connectivity index (χ0v) is 19.8. The molecule has 2 heterocycles. The highest BCUT2D eigenvalue weighted by atomic mass is 35.5. The summed E-state index contributed by atoms with van der Waals surface area (Å²) in [4.78, 5) is 12.7. The average molecular weight is 496 g/mol. The summed E-state index contributed by atoms with van der Waals surface area (Å²) in [6.45, 7) is 4.16. The van der Waals surface area contributed by atoms with Crippen molar-refractivity contribution in [1.29, 1.82) is 0 Å². The lowest BCUT2D eigenvalue weighted by Gasteiger charge is -2.26. The Balaban J connectivity index is 1.44. The van der Waals surface area contributed by atoms with Crippen molar-refractivity contribution >= 4 is 38.9 Å². The summed E-state index contributed by atoms with van der Waals surface area (Å²) in [5.74, 6) is 0.792. The molecule has 9 nitrogen and oxygen atoms in total. The van der Waals surface area contributed by atoms with Gasteiger partial charge < -0.3 is 24.8 Å². The van der Waals surface area contributed by atoms with Crippen LogP contribution in [0.1, 0.15) is 12.0 Å². The predicted octanol–water partition coefficient (Wildman–Crippen LogP) is 2.88. The number of nitrogens with one attached hydrogen (secondary N) is 2. The van der Waals surface area contributed by atoms with E-state index in [1.165, 1.54) is 10.4 Å². The number of ether oxygens (including phenoxy) is 3. The molecule has 0 aromatic heterocycles. The van der Waals surface area contributed by atoms with Gasteiger partial charge in [0.15, 0.2) is 11.5 Å². The van der Waals surface area contributed by atoms with Crippen molar-refractivity contribution in [3.8, 4) is 11.5 Å². The van der Waals surface area contributed by atoms with E-state index >= 15 is 0 Å². The molecule has 33 heavy (non-hydrogen) atoms. The van der Waals surface area contributed by atoms with Crippen LogP contribution in [0.15, 0.2) is 35.2 Å². The zero-order chi connectivity index (χ0) is 23.4. The van der Waals surface area contributed by atoms with Crippen LogP contribution in [-0.4, -0.2) is 64.7 Å². The fourth-order valence-electron chi connectivity index (χ4n) is 3.52. The molecular formula is C22H26ClN3O6S. The summed E-state index contributed by atoms with van der Waals surface area (Å²) in [5.41, 5.74) is 1.72. The number of carbonyl (C=O) groups is 1. The van der Waals surface area contributed by atoms with Crippen molar-refractivity contribution in [2.75, 3.05) is 56.7 Å². The molecular weight excluding hydrogens is 470 g/mol. The topological polar surface area (TPSA) is 106 Å². The monoisotopic (exact) mass is 495 g/mol. The van der Waals surface area contributed by atoms with Crippen molar-refractivity contribution in [3.05, 3.63) is 40.9 Å². The molecule has 178 valence electrons. The number of halogens is 1. The van der Waals surface area contributed by atoms with E-state index in [0.29, 0.717) is 67.4 Å². The minimum absolute atomic E-state index is 0.0702. The number of nitrogens with zero attached hydrogens (tertiary/aromatic N) is 1. The van der Waals surface area contributed by atoms with Crippen molar-refractivity contribution < 1.29 is 27.4 Å². The first-order valence-corrected chi connectivity index (χ1v) is 12.5. The molecule has 0 atom stereocenters. The lowest BCUT2D eigenvalue weighted by molar-refractivity contribution is -0.114. The Labute approximate surface area is 198 Å². The molecule has 4 rings (SSSR count). The molecule has 2 aromatic rings. The second kappa shape index (κ2) is 10.2. The van der Waals surface area contributed by atoms with Crippen molar-refractivity contribution in [1.82, 2.24) is 4.31 Å². The van der Waals surface area contributed by atoms with Gasteiger partial charge in [0.2, 0.25) is 15.9 Å². The number of benzene rings is 2. The summed E-state index contributed by atoms with van der Waals surface area (Å²) in [5, 5.41) is 6.18. The van der Waals surface area contributed by atoms with Crippen LogP contribution in [0.25, 0.3) is 0 Å². The second-order valence-corrected chi connectivity index (χ2v) is 10.1. The number of rotatable bonds is 6. The molecule has 0 spiro atoms. The molecule has 0 aliphatic carbocycles. The van der Waals surface area contributed by atoms with E-state index in [-0.39, 0.29) is 17.3 Å². The third-order valence-electron chi connectivity index (χ3n) is 5.37. The number of amides is 1. The van der Waals surface area contributed by atoms with E-state index in [1.54, 1.807) is 31.2 Å². The van der Waals surface area contributed by atoms with Gasteiger partial charge in [-0.25, -0.2) is 8.42 Å². The molecule has 2 N–H and O–H groups in total. The molecule has 1 fully saturated rings. The highest BCUT2D eigenvalue weighted by molar-refractivity contribution is 7.89. The average Bonchev–Trinajstić information content (AvgIpc) is 3.04. The van der Waals surface area contributed by atoms with Gasteiger partial charge in [0.05, 0.1) is 48.6 Å². The van der Waals surface area contributed by atoms with Gasteiger partial charge in [-0.3, -0.25) is 4.79 Å². The van der Waals surface area contributed by atoms with Crippen LogP contribution in [-0.2, 0) is 19.6 Å². The maximum absolute atomic E-state index is 12.9. The van der Waals surface area contributed by atoms with Crippen LogP contribution in [0.2, 0.25) is 5.02 Å². The van der Waals surface area contributed by atoms with Crippen LogP contribution < -0.4 is 20.1 Å². The Morgan fingerprint density at radius 3 is 2.45 bits per heavy atom. The van der Waals surface area contributed by atoms with Crippen LogP contribution in [0.4, 0.5) is 11.4 Å². The van der Waals surface area contributed by atoms with Gasteiger partial charge in [-0.05, 0) is 24.6 Å². The number of hydrogen-bond donors (Lipinski definition) is 2. The molecule has 1 saturated heterocycles. The Morgan fingerprint density at radius 2 is 1.73 bits per heavy atom. The largest absolute Gasteiger partial charge is 0.490 e. The van der Waals surface area contributed by atoms with E-state index in [0.717, 1.165) is 12.0 Å². The third-order valence-corrected chi connectivity index (χ3v) is 7.57. The van der Waals surface area contributed by atoms with Gasteiger partial charge in [0.25, 0.3) is 0 Å². The Hall–Kier alpha value is -2.53. The van der Waals surface area contributed by atoms with Gasteiger partial charge in [-0.15, -0.1) is 0 Å². The number of fused-ring (bicyclic) bond motifs is 1. The predicted molar refractivity (Wildman–Crippen MR) is 125 cm³/mol. The second-order valence-electron chi connectivity index (χ2n) is 7.72. The standard InChI is InChI=1S/C22H26ClN3O6S/c1-15-3-4-16(33(28,29)26-5-9-30-10-6-26)11-18(15)25-22(27)14-24-19-13-21-20(12-17(19)23)31-7-2-8-32-21/h3-4,11-13,24H,2,5-10,14H2,1H3,(H,25,27). The number of anilines is 2. The number of hydrogen-bond acceptors (Lipinski definition) is 7. The van der Waals surface area contributed by atoms with Gasteiger partial charge in [-0.1, -0.05) is 17.7 Å². The van der Waals surface area contributed by atoms with Crippen LogP contribution in [0, 0.1) is 6.92 Å². The first-order valence-electron chi connectivity index (χ1n) is 10.7. The highest BCUT2D eigenvalue weighted by Crippen LogP contribution is 2.37. The molecule has 0 radical (unpaired) electrons. The van der Waals surface area contributed by atoms with Crippen molar-refractivity contribution in [3.63, 3.8) is 0 Å². The smallest absolute Gasteiger partial charge is 0.243 e. The first-order chi connectivity index (χ1) is 15.8. The Morgan fingerprint density at radius 1 is 1.03 bits per heavy atom. The quantitative estimate of drug-likeness (QED) is 0.634. The summed E-state index contributed by atoms with van der Waals surface area (Å²) in [6, 6.07) is 8.07. The molecule has 2 aromatic carbocycles. The fourth-order valence-corrected chi connectivity index (χ4v) is 5.18. The molecule has 11 heteroatoms. The molecule has 0 bridgehead atoms. The minimum atomic E-state index is -3.67. The van der Waals surface area contributed by atoms with Crippen molar-refractivity contribution in [2.24, 2.45) is 0 Å². The summed E-state index contributed by atoms with van der Waals surface area (Å²) in [6.07, 6.45) is 0.775. The Bertz CT molecular complexity index is 1140. The molecule has 1 amide bonds. The Kier molecular flexibility index (Phi) is 7.28. The maximum Gasteiger partial charge on any atom is 0.243 e. The van der Waals surface area contributed by atoms with Gasteiger partial charge in [0.1, 0.15) is 0 Å². The van der Waals surface area contributed by atoms with Crippen LogP contribution >= 0.6 is 11.6 Å². The minimum Gasteiger partial charge on any atom is -0.490 e. The normalized spacial score (nSPS) is 16.7. The van der Waals surface area contributed by atoms with Crippen LogP contribution in [0.5, 0.6) is 11.5 Å². The van der Waals surface area contributed by atoms with Gasteiger partial charge in [-0.2, -0.15) is 4.31 Å². The van der Waals surface area contributed by atoms with E-state index in [4.69, 9.17) is 25.8 Å². The maximum atomic E-state index is 12.9. The van der Waals surface area contributed by atoms with E-state index in [9.17, 15) is 13.2 Å². The molecule has 0 saturated carbocycles. The lowest BCUT2D eigenvalue weighted by Crippen LogP contribution is -2.40.